The van der Waals surface area contributed by atoms with E-state index in [2.05, 4.69) is 15.9 Å². The molecule has 0 atom stereocenters. The van der Waals surface area contributed by atoms with Crippen molar-refractivity contribution >= 4 is 21.9 Å². The molecule has 0 spiro atoms. The van der Waals surface area contributed by atoms with Crippen molar-refractivity contribution in [1.82, 2.24) is 0 Å². The standard InChI is InChI=1S/C11H13BrO2/c1-6-4-7(2)11(12)8(3)9(6)5-10(13)14/h4H,5H2,1-3H3,(H,13,14). The van der Waals surface area contributed by atoms with Gasteiger partial charge in [-0.3, -0.25) is 4.79 Å². The molecule has 2 nitrogen and oxygen atoms in total. The predicted octanol–water partition coefficient (Wildman–Crippen LogP) is 3.00. The molecule has 0 fully saturated rings. The van der Waals surface area contributed by atoms with E-state index in [9.17, 15) is 4.79 Å². The molecule has 0 aliphatic heterocycles. The number of hydrogen-bond acceptors (Lipinski definition) is 1. The van der Waals surface area contributed by atoms with Gasteiger partial charge in [0.05, 0.1) is 6.42 Å². The van der Waals surface area contributed by atoms with E-state index >= 15 is 0 Å². The van der Waals surface area contributed by atoms with Crippen LogP contribution in [0.3, 0.4) is 0 Å². The first kappa shape index (κ1) is 11.2. The van der Waals surface area contributed by atoms with Crippen LogP contribution >= 0.6 is 15.9 Å². The van der Waals surface area contributed by atoms with E-state index in [-0.39, 0.29) is 6.42 Å². The molecule has 0 saturated carbocycles. The lowest BCUT2D eigenvalue weighted by atomic mass is 9.97. The Morgan fingerprint density at radius 3 is 2.43 bits per heavy atom. The van der Waals surface area contributed by atoms with Crippen molar-refractivity contribution in [1.29, 1.82) is 0 Å². The van der Waals surface area contributed by atoms with Crippen molar-refractivity contribution in [3.63, 3.8) is 0 Å². The molecule has 0 aliphatic rings. The van der Waals surface area contributed by atoms with Gasteiger partial charge < -0.3 is 5.11 Å². The summed E-state index contributed by atoms with van der Waals surface area (Å²) in [5.41, 5.74) is 4.14. The Labute approximate surface area is 92.1 Å². The van der Waals surface area contributed by atoms with Crippen molar-refractivity contribution in [2.75, 3.05) is 0 Å². The molecule has 1 aromatic carbocycles. The van der Waals surface area contributed by atoms with Crippen LogP contribution in [0.15, 0.2) is 10.5 Å². The Hall–Kier alpha value is -0.830. The quantitative estimate of drug-likeness (QED) is 0.884. The fourth-order valence-electron chi connectivity index (χ4n) is 1.62. The summed E-state index contributed by atoms with van der Waals surface area (Å²) in [4.78, 5) is 10.7. The SMILES string of the molecule is Cc1cc(C)c(CC(=O)O)c(C)c1Br. The Bertz CT molecular complexity index is 383. The molecule has 0 radical (unpaired) electrons. The van der Waals surface area contributed by atoms with E-state index in [1.165, 1.54) is 0 Å². The second kappa shape index (κ2) is 4.13. The summed E-state index contributed by atoms with van der Waals surface area (Å²) in [5.74, 6) is -0.785. The Morgan fingerprint density at radius 2 is 1.93 bits per heavy atom. The zero-order valence-electron chi connectivity index (χ0n) is 8.52. The molecule has 0 amide bonds. The van der Waals surface area contributed by atoms with E-state index in [1.54, 1.807) is 0 Å². The highest BCUT2D eigenvalue weighted by atomic mass is 79.9. The average molecular weight is 257 g/mol. The number of benzene rings is 1. The molecular weight excluding hydrogens is 244 g/mol. The molecule has 0 heterocycles. The number of halogens is 1. The van der Waals surface area contributed by atoms with Crippen molar-refractivity contribution in [2.24, 2.45) is 0 Å². The fourth-order valence-corrected chi connectivity index (χ4v) is 1.98. The minimum absolute atomic E-state index is 0.0938. The van der Waals surface area contributed by atoms with E-state index in [0.717, 1.165) is 26.7 Å². The van der Waals surface area contributed by atoms with Crippen LogP contribution in [0.5, 0.6) is 0 Å². The van der Waals surface area contributed by atoms with Crippen molar-refractivity contribution in [3.05, 3.63) is 32.8 Å². The van der Waals surface area contributed by atoms with Crippen molar-refractivity contribution in [2.45, 2.75) is 27.2 Å². The fraction of sp³-hybridized carbons (Fsp3) is 0.364. The van der Waals surface area contributed by atoms with E-state index in [1.807, 2.05) is 26.8 Å². The minimum Gasteiger partial charge on any atom is -0.481 e. The van der Waals surface area contributed by atoms with Crippen LogP contribution in [0.1, 0.15) is 22.3 Å². The molecule has 14 heavy (non-hydrogen) atoms. The Balaban J connectivity index is 3.29. The number of carbonyl (C=O) groups is 1. The number of carboxylic acids is 1. The molecule has 0 aliphatic carbocycles. The molecule has 0 saturated heterocycles. The van der Waals surface area contributed by atoms with Crippen LogP contribution in [0, 0.1) is 20.8 Å². The van der Waals surface area contributed by atoms with Crippen LogP contribution in [-0.2, 0) is 11.2 Å². The highest BCUT2D eigenvalue weighted by Gasteiger charge is 2.11. The van der Waals surface area contributed by atoms with Crippen molar-refractivity contribution < 1.29 is 9.90 Å². The highest BCUT2D eigenvalue weighted by molar-refractivity contribution is 9.10. The first-order valence-corrected chi connectivity index (χ1v) is 5.19. The summed E-state index contributed by atoms with van der Waals surface area (Å²) in [6.45, 7) is 5.90. The number of hydrogen-bond donors (Lipinski definition) is 1. The summed E-state index contributed by atoms with van der Waals surface area (Å²) >= 11 is 3.46. The lowest BCUT2D eigenvalue weighted by Crippen LogP contribution is -2.05. The molecule has 0 bridgehead atoms. The summed E-state index contributed by atoms with van der Waals surface area (Å²) in [7, 11) is 0. The molecular formula is C11H13BrO2. The van der Waals surface area contributed by atoms with Crippen LogP contribution in [0.25, 0.3) is 0 Å². The van der Waals surface area contributed by atoms with Gasteiger partial charge in [-0.05, 0) is 43.0 Å². The van der Waals surface area contributed by atoms with Gasteiger partial charge in [0.25, 0.3) is 0 Å². The molecule has 1 rings (SSSR count). The van der Waals surface area contributed by atoms with Gasteiger partial charge >= 0.3 is 5.97 Å². The molecule has 0 unspecified atom stereocenters. The smallest absolute Gasteiger partial charge is 0.307 e. The van der Waals surface area contributed by atoms with Crippen molar-refractivity contribution in [3.8, 4) is 0 Å². The maximum absolute atomic E-state index is 10.7. The van der Waals surface area contributed by atoms with E-state index in [0.29, 0.717) is 0 Å². The summed E-state index contributed by atoms with van der Waals surface area (Å²) in [5, 5.41) is 8.76. The lowest BCUT2D eigenvalue weighted by molar-refractivity contribution is -0.136. The van der Waals surface area contributed by atoms with Gasteiger partial charge in [-0.15, -0.1) is 0 Å². The van der Waals surface area contributed by atoms with Crippen LogP contribution < -0.4 is 0 Å². The third-order valence-electron chi connectivity index (χ3n) is 2.37. The number of aliphatic carboxylic acids is 1. The van der Waals surface area contributed by atoms with Crippen LogP contribution in [0.4, 0.5) is 0 Å². The van der Waals surface area contributed by atoms with Crippen LogP contribution in [-0.4, -0.2) is 11.1 Å². The third kappa shape index (κ3) is 2.15. The van der Waals surface area contributed by atoms with Gasteiger partial charge in [-0.2, -0.15) is 0 Å². The zero-order valence-corrected chi connectivity index (χ0v) is 10.1. The first-order chi connectivity index (χ1) is 6.43. The molecule has 1 N–H and O–H groups in total. The highest BCUT2D eigenvalue weighted by Crippen LogP contribution is 2.27. The van der Waals surface area contributed by atoms with Gasteiger partial charge in [0, 0.05) is 4.47 Å². The third-order valence-corrected chi connectivity index (χ3v) is 3.59. The summed E-state index contributed by atoms with van der Waals surface area (Å²) in [6, 6.07) is 2.01. The normalized spacial score (nSPS) is 10.3. The van der Waals surface area contributed by atoms with Crippen LogP contribution in [0.2, 0.25) is 0 Å². The first-order valence-electron chi connectivity index (χ1n) is 4.40. The maximum atomic E-state index is 10.7. The van der Waals surface area contributed by atoms with Gasteiger partial charge in [0.15, 0.2) is 0 Å². The van der Waals surface area contributed by atoms with Gasteiger partial charge in [-0.25, -0.2) is 0 Å². The molecule has 3 heteroatoms. The number of carboxylic acid groups (broad SMARTS) is 1. The summed E-state index contributed by atoms with van der Waals surface area (Å²) < 4.78 is 1.01. The topological polar surface area (TPSA) is 37.3 Å². The van der Waals surface area contributed by atoms with E-state index < -0.39 is 5.97 Å². The zero-order chi connectivity index (χ0) is 10.9. The molecule has 76 valence electrons. The molecule has 1 aromatic rings. The number of aryl methyl sites for hydroxylation is 2. The lowest BCUT2D eigenvalue weighted by Gasteiger charge is -2.12. The summed E-state index contributed by atoms with van der Waals surface area (Å²) in [6.07, 6.45) is 0.0938. The largest absolute Gasteiger partial charge is 0.481 e. The Kier molecular flexibility index (Phi) is 3.32. The second-order valence-electron chi connectivity index (χ2n) is 3.50. The Morgan fingerprint density at radius 1 is 1.36 bits per heavy atom. The maximum Gasteiger partial charge on any atom is 0.307 e. The molecule has 0 aromatic heterocycles. The van der Waals surface area contributed by atoms with Gasteiger partial charge in [0.2, 0.25) is 0 Å². The monoisotopic (exact) mass is 256 g/mol. The van der Waals surface area contributed by atoms with E-state index in [4.69, 9.17) is 5.11 Å². The minimum atomic E-state index is -0.785. The number of rotatable bonds is 2. The predicted molar refractivity (Wildman–Crippen MR) is 59.7 cm³/mol. The second-order valence-corrected chi connectivity index (χ2v) is 4.29. The van der Waals surface area contributed by atoms with Gasteiger partial charge in [-0.1, -0.05) is 22.0 Å². The van der Waals surface area contributed by atoms with Gasteiger partial charge in [0.1, 0.15) is 0 Å². The average Bonchev–Trinajstić information content (AvgIpc) is 2.09.